The van der Waals surface area contributed by atoms with E-state index in [1.807, 2.05) is 0 Å². The van der Waals surface area contributed by atoms with Crippen LogP contribution in [0.5, 0.6) is 0 Å². The van der Waals surface area contributed by atoms with Gasteiger partial charge in [0.2, 0.25) is 5.96 Å². The molecule has 0 saturated carbocycles. The van der Waals surface area contributed by atoms with E-state index < -0.39 is 11.6 Å². The van der Waals surface area contributed by atoms with Crippen molar-refractivity contribution in [2.24, 2.45) is 10.1 Å². The molecule has 25 heavy (non-hydrogen) atoms. The van der Waals surface area contributed by atoms with Crippen LogP contribution in [-0.4, -0.2) is 26.9 Å². The van der Waals surface area contributed by atoms with Crippen molar-refractivity contribution in [3.05, 3.63) is 40.0 Å². The molecular formula is C16H9F2N7. The van der Waals surface area contributed by atoms with Gasteiger partial charge in [0, 0.05) is 13.0 Å². The molecule has 7 nitrogen and oxygen atoms in total. The van der Waals surface area contributed by atoms with Crippen molar-refractivity contribution in [1.29, 1.82) is 5.26 Å². The molecular weight excluding hydrogens is 328 g/mol. The molecule has 2 aromatic rings. The minimum Gasteiger partial charge on any atom is -0.322 e. The maximum absolute atomic E-state index is 14.6. The van der Waals surface area contributed by atoms with E-state index in [1.54, 1.807) is 21.8 Å². The van der Waals surface area contributed by atoms with E-state index in [-0.39, 0.29) is 17.0 Å². The van der Waals surface area contributed by atoms with Crippen LogP contribution in [0.4, 0.5) is 8.78 Å². The van der Waals surface area contributed by atoms with Gasteiger partial charge >= 0.3 is 0 Å². The van der Waals surface area contributed by atoms with Crippen LogP contribution in [0.2, 0.25) is 0 Å². The molecule has 0 amide bonds. The van der Waals surface area contributed by atoms with Crippen LogP contribution in [0.15, 0.2) is 22.2 Å². The van der Waals surface area contributed by atoms with Crippen molar-refractivity contribution in [3.63, 3.8) is 0 Å². The Labute approximate surface area is 139 Å². The molecule has 4 heterocycles. The Kier molecular flexibility index (Phi) is 2.62. The number of halogens is 2. The van der Waals surface area contributed by atoms with E-state index in [2.05, 4.69) is 20.4 Å². The lowest BCUT2D eigenvalue weighted by molar-refractivity contribution is 0.580. The van der Waals surface area contributed by atoms with Crippen LogP contribution in [-0.2, 0) is 6.54 Å². The van der Waals surface area contributed by atoms with E-state index in [1.165, 1.54) is 6.34 Å². The molecule has 3 aliphatic heterocycles. The summed E-state index contributed by atoms with van der Waals surface area (Å²) < 4.78 is 30.7. The Morgan fingerprint density at radius 3 is 3.00 bits per heavy atom. The molecule has 0 unspecified atom stereocenters. The number of guanidine groups is 1. The fraction of sp³-hybridized carbons (Fsp3) is 0.125. The van der Waals surface area contributed by atoms with E-state index >= 15 is 0 Å². The maximum Gasteiger partial charge on any atom is 0.229 e. The van der Waals surface area contributed by atoms with Gasteiger partial charge in [0.25, 0.3) is 0 Å². The monoisotopic (exact) mass is 337 g/mol. The van der Waals surface area contributed by atoms with E-state index in [4.69, 9.17) is 5.26 Å². The van der Waals surface area contributed by atoms with Gasteiger partial charge in [0.1, 0.15) is 29.4 Å². The number of fused-ring (bicyclic) bond motifs is 2. The smallest absolute Gasteiger partial charge is 0.229 e. The molecule has 0 bridgehead atoms. The number of hydrogen-bond acceptors (Lipinski definition) is 6. The fourth-order valence-electron chi connectivity index (χ4n) is 3.33. The van der Waals surface area contributed by atoms with Gasteiger partial charge in [-0.1, -0.05) is 0 Å². The zero-order valence-corrected chi connectivity index (χ0v) is 12.7. The Morgan fingerprint density at radius 1 is 1.28 bits per heavy atom. The largest absolute Gasteiger partial charge is 0.322 e. The summed E-state index contributed by atoms with van der Waals surface area (Å²) in [6.07, 6.45) is 3.70. The lowest BCUT2D eigenvalue weighted by Gasteiger charge is -2.13. The number of aromatic nitrogens is 2. The third kappa shape index (κ3) is 1.73. The zero-order valence-electron chi connectivity index (χ0n) is 12.7. The second-order valence-corrected chi connectivity index (χ2v) is 5.70. The Balaban J connectivity index is 1.84. The number of hydrogen-bond donors (Lipinski definition) is 1. The van der Waals surface area contributed by atoms with Crippen molar-refractivity contribution in [2.75, 3.05) is 0 Å². The highest BCUT2D eigenvalue weighted by atomic mass is 19.1. The third-order valence-electron chi connectivity index (χ3n) is 4.41. The summed E-state index contributed by atoms with van der Waals surface area (Å²) in [6, 6.07) is 3.94. The molecule has 0 spiro atoms. The number of nitriles is 1. The molecule has 0 atom stereocenters. The summed E-state index contributed by atoms with van der Waals surface area (Å²) in [5, 5.41) is 19.1. The topological polar surface area (TPSA) is 81.6 Å². The molecule has 5 rings (SSSR count). The number of hydrazone groups is 1. The average Bonchev–Trinajstić information content (AvgIpc) is 3.28. The molecule has 1 N–H and O–H groups in total. The first-order valence-electron chi connectivity index (χ1n) is 7.54. The first-order valence-corrected chi connectivity index (χ1v) is 7.54. The van der Waals surface area contributed by atoms with E-state index in [0.717, 1.165) is 23.2 Å². The van der Waals surface area contributed by atoms with Crippen LogP contribution >= 0.6 is 0 Å². The van der Waals surface area contributed by atoms with Crippen LogP contribution in [0, 0.1) is 23.0 Å². The minimum atomic E-state index is -0.905. The Morgan fingerprint density at radius 2 is 2.16 bits per heavy atom. The first-order chi connectivity index (χ1) is 12.2. The van der Waals surface area contributed by atoms with Gasteiger partial charge in [-0.3, -0.25) is 0 Å². The standard InChI is InChI=1S/C16H9F2N7/c17-9-2-1-8(5-19)13(18)12(9)15-23-10-6-20-16-21-7-22-25(16)11-3-4-24(15)14(10)11/h1-2,6-7H,3-4H2,(H,20,21,22). The van der Waals surface area contributed by atoms with Crippen LogP contribution < -0.4 is 16.0 Å². The van der Waals surface area contributed by atoms with Gasteiger partial charge < -0.3 is 9.88 Å². The second-order valence-electron chi connectivity index (χ2n) is 5.70. The number of rotatable bonds is 1. The predicted octanol–water partition coefficient (Wildman–Crippen LogP) is 0.168. The van der Waals surface area contributed by atoms with Crippen LogP contribution in [0.3, 0.4) is 0 Å². The summed E-state index contributed by atoms with van der Waals surface area (Å²) in [5.41, 5.74) is 0.344. The van der Waals surface area contributed by atoms with Crippen molar-refractivity contribution in [1.82, 2.24) is 19.9 Å². The van der Waals surface area contributed by atoms with E-state index in [9.17, 15) is 8.78 Å². The number of imidazole rings is 1. The molecule has 0 saturated heterocycles. The number of nitrogens with one attached hydrogen (secondary N) is 1. The zero-order chi connectivity index (χ0) is 17.1. The van der Waals surface area contributed by atoms with Gasteiger partial charge in [-0.2, -0.15) is 10.4 Å². The van der Waals surface area contributed by atoms with E-state index in [0.29, 0.717) is 24.3 Å². The molecule has 0 aliphatic carbocycles. The predicted molar refractivity (Wildman–Crippen MR) is 84.9 cm³/mol. The minimum absolute atomic E-state index is 0.151. The third-order valence-corrected chi connectivity index (χ3v) is 4.41. The normalized spacial score (nSPS) is 16.6. The Bertz CT molecular complexity index is 1170. The highest BCUT2D eigenvalue weighted by molar-refractivity contribution is 5.99. The molecule has 9 heteroatoms. The molecule has 122 valence electrons. The van der Waals surface area contributed by atoms with Crippen LogP contribution in [0.25, 0.3) is 23.3 Å². The van der Waals surface area contributed by atoms with Gasteiger partial charge in [-0.15, -0.1) is 0 Å². The second kappa shape index (κ2) is 4.73. The highest BCUT2D eigenvalue weighted by Crippen LogP contribution is 2.28. The number of benzene rings is 1. The fourth-order valence-corrected chi connectivity index (χ4v) is 3.33. The molecule has 3 aliphatic rings. The summed E-state index contributed by atoms with van der Waals surface area (Å²) in [7, 11) is 0. The SMILES string of the molecule is N#Cc1ccc(F)c(-c2nc3c4n2CCC=4N2N=CNC2=NC=3)c1F. The molecule has 1 aromatic heterocycles. The maximum atomic E-state index is 14.6. The number of aliphatic imine (C=N–C) groups is 1. The van der Waals surface area contributed by atoms with Crippen molar-refractivity contribution >= 4 is 24.2 Å². The van der Waals surface area contributed by atoms with Crippen molar-refractivity contribution < 1.29 is 8.78 Å². The summed E-state index contributed by atoms with van der Waals surface area (Å²) in [4.78, 5) is 8.67. The summed E-state index contributed by atoms with van der Waals surface area (Å²) in [5.74, 6) is -0.950. The number of nitrogens with zero attached hydrogens (tertiary/aromatic N) is 6. The highest BCUT2D eigenvalue weighted by Gasteiger charge is 2.30. The van der Waals surface area contributed by atoms with Gasteiger partial charge in [0.05, 0.1) is 28.4 Å². The lowest BCUT2D eigenvalue weighted by atomic mass is 10.1. The van der Waals surface area contributed by atoms with Crippen molar-refractivity contribution in [3.8, 4) is 17.5 Å². The molecule has 0 fully saturated rings. The van der Waals surface area contributed by atoms with Crippen molar-refractivity contribution in [2.45, 2.75) is 13.0 Å². The summed E-state index contributed by atoms with van der Waals surface area (Å²) in [6.45, 7) is 0.510. The molecule has 0 radical (unpaired) electrons. The van der Waals surface area contributed by atoms with Gasteiger partial charge in [-0.25, -0.2) is 23.8 Å². The van der Waals surface area contributed by atoms with Crippen LogP contribution in [0.1, 0.15) is 12.0 Å². The Hall–Kier alpha value is -3.54. The van der Waals surface area contributed by atoms with Gasteiger partial charge in [0.15, 0.2) is 5.82 Å². The molecule has 1 aromatic carbocycles. The first kappa shape index (κ1) is 13.9. The summed E-state index contributed by atoms with van der Waals surface area (Å²) >= 11 is 0. The quantitative estimate of drug-likeness (QED) is 0.804. The lowest BCUT2D eigenvalue weighted by Crippen LogP contribution is -2.33. The van der Waals surface area contributed by atoms with Gasteiger partial charge in [-0.05, 0) is 12.1 Å². The average molecular weight is 337 g/mol.